The first kappa shape index (κ1) is 28.2. The van der Waals surface area contributed by atoms with Gasteiger partial charge >= 0.3 is 6.18 Å². The molecule has 0 spiro atoms. The Bertz CT molecular complexity index is 1790. The molecule has 2 aliphatic rings. The fourth-order valence-electron chi connectivity index (χ4n) is 5.37. The van der Waals surface area contributed by atoms with Crippen LogP contribution in [0.4, 0.5) is 19.1 Å². The van der Waals surface area contributed by atoms with Gasteiger partial charge in [-0.2, -0.15) is 13.2 Å². The normalized spacial score (nSPS) is 17.7. The molecule has 1 fully saturated rings. The molecule has 2 aromatic carbocycles. The monoisotopic (exact) mass is 640 g/mol. The van der Waals surface area contributed by atoms with Gasteiger partial charge in [0.25, 0.3) is 11.5 Å². The van der Waals surface area contributed by atoms with Crippen molar-refractivity contribution in [3.63, 3.8) is 0 Å². The largest absolute Gasteiger partial charge is 0.417 e. The van der Waals surface area contributed by atoms with E-state index in [0.29, 0.717) is 23.0 Å². The van der Waals surface area contributed by atoms with Crippen molar-refractivity contribution >= 4 is 38.8 Å². The summed E-state index contributed by atoms with van der Waals surface area (Å²) in [5.41, 5.74) is 1.93. The lowest BCUT2D eigenvalue weighted by Crippen LogP contribution is -2.46. The van der Waals surface area contributed by atoms with Crippen LogP contribution in [0.15, 0.2) is 64.6 Å². The first-order valence-electron chi connectivity index (χ1n) is 13.6. The number of alkyl halides is 3. The van der Waals surface area contributed by atoms with Crippen LogP contribution in [0, 0.1) is 0 Å². The predicted octanol–water partition coefficient (Wildman–Crippen LogP) is 6.27. The Balaban J connectivity index is 1.40. The van der Waals surface area contributed by atoms with Gasteiger partial charge in [0, 0.05) is 33.7 Å². The first-order valence-corrected chi connectivity index (χ1v) is 14.4. The molecule has 12 heteroatoms. The van der Waals surface area contributed by atoms with E-state index in [9.17, 15) is 22.8 Å². The van der Waals surface area contributed by atoms with Gasteiger partial charge in [0.05, 0.1) is 40.9 Å². The van der Waals surface area contributed by atoms with Gasteiger partial charge in [-0.1, -0.05) is 22.0 Å². The summed E-state index contributed by atoms with van der Waals surface area (Å²) in [4.78, 5) is 38.3. The minimum atomic E-state index is -4.62. The minimum Gasteiger partial charge on any atom is -0.349 e. The van der Waals surface area contributed by atoms with Crippen LogP contribution in [0.2, 0.25) is 0 Å². The van der Waals surface area contributed by atoms with Crippen molar-refractivity contribution in [1.29, 1.82) is 0 Å². The molecular formula is C30H28BrF3N6O2. The molecule has 0 bridgehead atoms. The van der Waals surface area contributed by atoms with Crippen LogP contribution in [0.5, 0.6) is 0 Å². The Morgan fingerprint density at radius 2 is 1.98 bits per heavy atom. The van der Waals surface area contributed by atoms with E-state index in [1.165, 1.54) is 21.6 Å². The van der Waals surface area contributed by atoms with E-state index >= 15 is 0 Å². The van der Waals surface area contributed by atoms with Crippen molar-refractivity contribution < 1.29 is 18.0 Å². The molecule has 1 amide bonds. The van der Waals surface area contributed by atoms with Crippen molar-refractivity contribution in [2.45, 2.75) is 64.0 Å². The lowest BCUT2D eigenvalue weighted by molar-refractivity contribution is -0.138. The van der Waals surface area contributed by atoms with E-state index in [4.69, 9.17) is 4.98 Å². The molecule has 3 heterocycles. The molecule has 4 aromatic rings. The number of carbonyl (C=O) groups excluding carboxylic acids is 1. The molecule has 0 saturated heterocycles. The number of nitrogens with zero attached hydrogens (tertiary/aromatic N) is 5. The van der Waals surface area contributed by atoms with Crippen LogP contribution < -0.4 is 10.9 Å². The topological polar surface area (TPSA) is 85.1 Å². The number of nitrogens with one attached hydrogen (secondary N) is 1. The van der Waals surface area contributed by atoms with Crippen molar-refractivity contribution in [3.8, 4) is 5.69 Å². The van der Waals surface area contributed by atoms with Crippen molar-refractivity contribution in [1.82, 2.24) is 24.0 Å². The number of aromatic nitrogens is 4. The summed E-state index contributed by atoms with van der Waals surface area (Å²) in [6.07, 6.45) is 1.33. The maximum Gasteiger partial charge on any atom is 0.417 e. The average molecular weight is 641 g/mol. The molecule has 2 unspecified atom stereocenters. The Labute approximate surface area is 248 Å². The predicted molar refractivity (Wildman–Crippen MR) is 157 cm³/mol. The number of carbonyl (C=O) groups is 1. The molecule has 2 aromatic heterocycles. The fraction of sp³-hybridized carbons (Fsp3) is 0.333. The zero-order chi connectivity index (χ0) is 29.9. The summed E-state index contributed by atoms with van der Waals surface area (Å²) in [6, 6.07) is 8.89. The lowest BCUT2D eigenvalue weighted by Gasteiger charge is -2.35. The van der Waals surface area contributed by atoms with Gasteiger partial charge in [0.1, 0.15) is 0 Å². The maximum atomic E-state index is 14.0. The summed E-state index contributed by atoms with van der Waals surface area (Å²) < 4.78 is 44.1. The number of hydrogen-bond acceptors (Lipinski definition) is 5. The highest BCUT2D eigenvalue weighted by atomic mass is 79.9. The Morgan fingerprint density at radius 3 is 2.67 bits per heavy atom. The Kier molecular flexibility index (Phi) is 6.99. The number of benzene rings is 2. The third-order valence-electron chi connectivity index (χ3n) is 7.86. The molecule has 1 aliphatic carbocycles. The number of halogens is 4. The Hall–Kier alpha value is -3.93. The zero-order valence-electron chi connectivity index (χ0n) is 23.0. The zero-order valence-corrected chi connectivity index (χ0v) is 24.5. The van der Waals surface area contributed by atoms with E-state index in [-0.39, 0.29) is 40.6 Å². The van der Waals surface area contributed by atoms with Gasteiger partial charge in [0.2, 0.25) is 5.95 Å². The second kappa shape index (κ2) is 10.4. The maximum absolute atomic E-state index is 14.0. The molecule has 2 atom stereocenters. The van der Waals surface area contributed by atoms with Gasteiger partial charge in [-0.15, -0.1) is 6.58 Å². The first-order chi connectivity index (χ1) is 20.0. The SMILES string of the molecule is C=CC(C)Nc1nc2c(c(=O)n1-c1ccc3c(c1)ncn3C1CC1)CC(C)N(C(=O)c1ccc(Br)c(C(F)(F)F)c1)C2. The van der Waals surface area contributed by atoms with Crippen LogP contribution >= 0.6 is 15.9 Å². The second-order valence-corrected chi connectivity index (χ2v) is 11.8. The Morgan fingerprint density at radius 1 is 1.21 bits per heavy atom. The van der Waals surface area contributed by atoms with E-state index in [0.717, 1.165) is 29.9 Å². The van der Waals surface area contributed by atoms with E-state index in [2.05, 4.69) is 37.4 Å². The summed E-state index contributed by atoms with van der Waals surface area (Å²) in [6.45, 7) is 7.44. The highest BCUT2D eigenvalue weighted by Crippen LogP contribution is 2.38. The molecular weight excluding hydrogens is 613 g/mol. The molecule has 1 saturated carbocycles. The van der Waals surface area contributed by atoms with E-state index < -0.39 is 23.7 Å². The van der Waals surface area contributed by atoms with Gasteiger partial charge in [-0.3, -0.25) is 9.59 Å². The van der Waals surface area contributed by atoms with Gasteiger partial charge in [0.15, 0.2) is 0 Å². The lowest BCUT2D eigenvalue weighted by atomic mass is 9.98. The van der Waals surface area contributed by atoms with Crippen molar-refractivity contribution in [2.24, 2.45) is 0 Å². The number of rotatable bonds is 6. The molecule has 218 valence electrons. The van der Waals surface area contributed by atoms with Crippen LogP contribution in [0.1, 0.15) is 59.9 Å². The van der Waals surface area contributed by atoms with E-state index in [1.807, 2.05) is 31.5 Å². The number of hydrogen-bond donors (Lipinski definition) is 1. The quantitative estimate of drug-likeness (QED) is 0.251. The van der Waals surface area contributed by atoms with Crippen LogP contribution in [-0.2, 0) is 19.1 Å². The van der Waals surface area contributed by atoms with Crippen LogP contribution in [0.3, 0.4) is 0 Å². The standard InChI is InChI=1S/C30H28BrF3N6O2/c1-4-16(2)36-29-37-25-14-38(27(41)18-5-9-23(31)22(12-18)30(32,33)34)17(3)11-21(25)28(42)40(29)20-8-10-26-24(13-20)35-15-39(26)19-6-7-19/h4-5,8-10,12-13,15-17,19H,1,6-7,11,14H2,2-3H3,(H,36,37). The highest BCUT2D eigenvalue weighted by Gasteiger charge is 2.36. The van der Waals surface area contributed by atoms with Gasteiger partial charge in [-0.25, -0.2) is 14.5 Å². The van der Waals surface area contributed by atoms with Crippen molar-refractivity contribution in [3.05, 3.63) is 92.6 Å². The molecule has 42 heavy (non-hydrogen) atoms. The molecule has 8 nitrogen and oxygen atoms in total. The number of anilines is 1. The summed E-state index contributed by atoms with van der Waals surface area (Å²) in [5, 5.41) is 3.22. The third-order valence-corrected chi connectivity index (χ3v) is 8.55. The number of amides is 1. The number of fused-ring (bicyclic) bond motifs is 2. The van der Waals surface area contributed by atoms with E-state index in [1.54, 1.807) is 13.0 Å². The third kappa shape index (κ3) is 5.01. The minimum absolute atomic E-state index is 0.0230. The summed E-state index contributed by atoms with van der Waals surface area (Å²) >= 11 is 2.92. The van der Waals surface area contributed by atoms with Gasteiger partial charge in [-0.05, 0) is 69.5 Å². The average Bonchev–Trinajstić information content (AvgIpc) is 3.71. The van der Waals surface area contributed by atoms with Crippen molar-refractivity contribution in [2.75, 3.05) is 5.32 Å². The molecule has 0 radical (unpaired) electrons. The smallest absolute Gasteiger partial charge is 0.349 e. The fourth-order valence-corrected chi connectivity index (χ4v) is 5.85. The number of imidazole rings is 1. The van der Waals surface area contributed by atoms with Crippen LogP contribution in [0.25, 0.3) is 16.7 Å². The van der Waals surface area contributed by atoms with Gasteiger partial charge < -0.3 is 14.8 Å². The summed E-state index contributed by atoms with van der Waals surface area (Å²) in [7, 11) is 0. The van der Waals surface area contributed by atoms with Crippen LogP contribution in [-0.4, -0.2) is 42.0 Å². The summed E-state index contributed by atoms with van der Waals surface area (Å²) in [5.74, 6) is -0.292. The molecule has 6 rings (SSSR count). The molecule has 1 aliphatic heterocycles. The highest BCUT2D eigenvalue weighted by molar-refractivity contribution is 9.10. The second-order valence-electron chi connectivity index (χ2n) is 10.9. The molecule has 1 N–H and O–H groups in total.